The van der Waals surface area contributed by atoms with Gasteiger partial charge in [0.25, 0.3) is 0 Å². The number of hydrogen-bond acceptors (Lipinski definition) is 6. The molecule has 6 rings (SSSR count). The molecular weight excluding hydrogens is 498 g/mol. The first-order valence-electron chi connectivity index (χ1n) is 13.5. The van der Waals surface area contributed by atoms with Crippen molar-refractivity contribution in [2.75, 3.05) is 44.3 Å². The number of aryl methyl sites for hydroxylation is 1. The Kier molecular flexibility index (Phi) is 7.22. The maximum Gasteiger partial charge on any atom is 0.154 e. The molecule has 0 N–H and O–H groups in total. The predicted octanol–water partition coefficient (Wildman–Crippen LogP) is 5.15. The van der Waals surface area contributed by atoms with Crippen LogP contribution in [0.2, 0.25) is 0 Å². The van der Waals surface area contributed by atoms with E-state index in [4.69, 9.17) is 9.84 Å². The summed E-state index contributed by atoms with van der Waals surface area (Å²) in [6.45, 7) is 5.12. The lowest BCUT2D eigenvalue weighted by Gasteiger charge is -2.26. The van der Waals surface area contributed by atoms with E-state index >= 15 is 0 Å². The van der Waals surface area contributed by atoms with Gasteiger partial charge in [-0.05, 0) is 80.3 Å². The minimum absolute atomic E-state index is 0.286. The third-order valence-corrected chi connectivity index (χ3v) is 7.76. The highest BCUT2D eigenvalue weighted by atomic mass is 19.1. The predicted molar refractivity (Wildman–Crippen MR) is 144 cm³/mol. The SMILES string of the molecule is N#Cc1ccc(-c2cnc3ccc(N4CCCC4c4cc(F)ccc4F)nn23)cc1CCCN1CCOCC1. The minimum atomic E-state index is -0.444. The number of aromatic nitrogens is 3. The van der Waals surface area contributed by atoms with Crippen molar-refractivity contribution in [3.05, 3.63) is 83.1 Å². The van der Waals surface area contributed by atoms with E-state index in [1.54, 1.807) is 10.7 Å². The van der Waals surface area contributed by atoms with Crippen LogP contribution in [0.5, 0.6) is 0 Å². The number of halogens is 2. The second kappa shape index (κ2) is 11.1. The van der Waals surface area contributed by atoms with Gasteiger partial charge in [-0.3, -0.25) is 4.90 Å². The smallest absolute Gasteiger partial charge is 0.154 e. The Morgan fingerprint density at radius 3 is 2.74 bits per heavy atom. The fourth-order valence-electron chi connectivity index (χ4n) is 5.73. The number of anilines is 1. The van der Waals surface area contributed by atoms with Crippen molar-refractivity contribution in [1.29, 1.82) is 5.26 Å². The third kappa shape index (κ3) is 5.22. The van der Waals surface area contributed by atoms with Crippen LogP contribution in [0.1, 0.15) is 42.0 Å². The highest BCUT2D eigenvalue weighted by Crippen LogP contribution is 2.37. The first kappa shape index (κ1) is 25.4. The van der Waals surface area contributed by atoms with Gasteiger partial charge in [0, 0.05) is 30.8 Å². The fourth-order valence-corrected chi connectivity index (χ4v) is 5.73. The highest BCUT2D eigenvalue weighted by molar-refractivity contribution is 5.66. The second-order valence-electron chi connectivity index (χ2n) is 10.2. The number of ether oxygens (including phenoxy) is 1. The van der Waals surface area contributed by atoms with Gasteiger partial charge < -0.3 is 9.64 Å². The average Bonchev–Trinajstić information content (AvgIpc) is 3.62. The van der Waals surface area contributed by atoms with Gasteiger partial charge in [-0.1, -0.05) is 6.07 Å². The lowest BCUT2D eigenvalue weighted by molar-refractivity contribution is 0.0374. The highest BCUT2D eigenvalue weighted by Gasteiger charge is 2.30. The summed E-state index contributed by atoms with van der Waals surface area (Å²) in [6.07, 6.45) is 5.14. The van der Waals surface area contributed by atoms with Crippen LogP contribution in [0.3, 0.4) is 0 Å². The zero-order chi connectivity index (χ0) is 26.8. The largest absolute Gasteiger partial charge is 0.379 e. The fraction of sp³-hybridized carbons (Fsp3) is 0.367. The Bertz CT molecular complexity index is 1520. The van der Waals surface area contributed by atoms with Gasteiger partial charge >= 0.3 is 0 Å². The van der Waals surface area contributed by atoms with Crippen molar-refractivity contribution in [3.63, 3.8) is 0 Å². The molecule has 4 aromatic rings. The lowest BCUT2D eigenvalue weighted by atomic mass is 9.99. The molecule has 0 amide bonds. The maximum atomic E-state index is 14.6. The summed E-state index contributed by atoms with van der Waals surface area (Å²) in [5, 5.41) is 14.6. The molecule has 0 aliphatic carbocycles. The molecule has 2 fully saturated rings. The van der Waals surface area contributed by atoms with Crippen LogP contribution >= 0.6 is 0 Å². The molecule has 1 atom stereocenters. The molecule has 4 heterocycles. The van der Waals surface area contributed by atoms with Gasteiger partial charge in [0.2, 0.25) is 0 Å². The first-order chi connectivity index (χ1) is 19.1. The number of benzene rings is 2. The number of morpholine rings is 1. The molecule has 0 radical (unpaired) electrons. The van der Waals surface area contributed by atoms with Gasteiger partial charge in [0.05, 0.1) is 42.8 Å². The molecule has 39 heavy (non-hydrogen) atoms. The van der Waals surface area contributed by atoms with Crippen LogP contribution in [-0.2, 0) is 11.2 Å². The molecule has 0 spiro atoms. The van der Waals surface area contributed by atoms with Gasteiger partial charge in [-0.2, -0.15) is 5.26 Å². The molecule has 7 nitrogen and oxygen atoms in total. The van der Waals surface area contributed by atoms with Crippen molar-refractivity contribution >= 4 is 11.5 Å². The van der Waals surface area contributed by atoms with Crippen molar-refractivity contribution in [2.45, 2.75) is 31.7 Å². The summed E-state index contributed by atoms with van der Waals surface area (Å²) in [7, 11) is 0. The quantitative estimate of drug-likeness (QED) is 0.330. The van der Waals surface area contributed by atoms with Gasteiger partial charge in [0.15, 0.2) is 5.65 Å². The Labute approximate surface area is 226 Å². The monoisotopic (exact) mass is 528 g/mol. The molecule has 0 bridgehead atoms. The zero-order valence-electron chi connectivity index (χ0n) is 21.7. The van der Waals surface area contributed by atoms with Crippen molar-refractivity contribution < 1.29 is 13.5 Å². The van der Waals surface area contributed by atoms with E-state index < -0.39 is 11.6 Å². The Morgan fingerprint density at radius 2 is 1.90 bits per heavy atom. The summed E-state index contributed by atoms with van der Waals surface area (Å²) in [4.78, 5) is 8.99. The number of rotatable bonds is 7. The van der Waals surface area contributed by atoms with Crippen LogP contribution in [-0.4, -0.2) is 58.9 Å². The third-order valence-electron chi connectivity index (χ3n) is 7.76. The van der Waals surface area contributed by atoms with Gasteiger partial charge in [-0.15, -0.1) is 5.10 Å². The summed E-state index contributed by atoms with van der Waals surface area (Å²) in [5.41, 5.74) is 4.49. The Hall–Kier alpha value is -3.87. The number of nitrogens with zero attached hydrogens (tertiary/aromatic N) is 6. The number of hydrogen-bond donors (Lipinski definition) is 0. The molecule has 2 aliphatic rings. The van der Waals surface area contributed by atoms with Crippen LogP contribution in [0.25, 0.3) is 16.9 Å². The normalized spacial score (nSPS) is 18.1. The molecule has 0 saturated carbocycles. The lowest BCUT2D eigenvalue weighted by Crippen LogP contribution is -2.36. The van der Waals surface area contributed by atoms with Crippen LogP contribution < -0.4 is 4.90 Å². The molecule has 1 unspecified atom stereocenters. The maximum absolute atomic E-state index is 14.6. The van der Waals surface area contributed by atoms with Crippen LogP contribution in [0.15, 0.2) is 54.7 Å². The van der Waals surface area contributed by atoms with E-state index in [-0.39, 0.29) is 6.04 Å². The summed E-state index contributed by atoms with van der Waals surface area (Å²) >= 11 is 0. The molecule has 2 saturated heterocycles. The summed E-state index contributed by atoms with van der Waals surface area (Å²) < 4.78 is 35.8. The zero-order valence-corrected chi connectivity index (χ0v) is 21.7. The van der Waals surface area contributed by atoms with E-state index in [9.17, 15) is 14.0 Å². The van der Waals surface area contributed by atoms with Crippen molar-refractivity contribution in [1.82, 2.24) is 19.5 Å². The number of nitriles is 1. The van der Waals surface area contributed by atoms with Crippen LogP contribution in [0.4, 0.5) is 14.6 Å². The van der Waals surface area contributed by atoms with Crippen molar-refractivity contribution in [3.8, 4) is 17.3 Å². The molecule has 2 aromatic heterocycles. The average molecular weight is 529 g/mol. The molecule has 2 aromatic carbocycles. The first-order valence-corrected chi connectivity index (χ1v) is 13.5. The number of imidazole rings is 1. The van der Waals surface area contributed by atoms with E-state index in [1.807, 2.05) is 29.2 Å². The van der Waals surface area contributed by atoms with Gasteiger partial charge in [-0.25, -0.2) is 18.3 Å². The second-order valence-corrected chi connectivity index (χ2v) is 10.2. The summed E-state index contributed by atoms with van der Waals surface area (Å²) in [5.74, 6) is -0.163. The number of fused-ring (bicyclic) bond motifs is 1. The van der Waals surface area contributed by atoms with E-state index in [1.165, 1.54) is 12.1 Å². The molecular formula is C30H30F2N6O. The Balaban J connectivity index is 1.28. The van der Waals surface area contributed by atoms with Gasteiger partial charge in [0.1, 0.15) is 17.5 Å². The van der Waals surface area contributed by atoms with E-state index in [2.05, 4.69) is 22.0 Å². The van der Waals surface area contributed by atoms with E-state index in [0.717, 1.165) is 81.4 Å². The van der Waals surface area contributed by atoms with E-state index in [0.29, 0.717) is 29.1 Å². The Morgan fingerprint density at radius 1 is 1.03 bits per heavy atom. The molecule has 2 aliphatic heterocycles. The molecule has 9 heteroatoms. The standard InChI is InChI=1S/C30H30F2N6O/c31-24-7-8-26(32)25(18-24)27-4-2-12-37(27)30-10-9-29-34-20-28(38(29)35-30)22-5-6-23(19-33)21(17-22)3-1-11-36-13-15-39-16-14-36/h5-10,17-18,20,27H,1-4,11-16H2. The molecule has 200 valence electrons. The minimum Gasteiger partial charge on any atom is -0.379 e. The van der Waals surface area contributed by atoms with Crippen LogP contribution in [0, 0.1) is 23.0 Å². The van der Waals surface area contributed by atoms with Crippen molar-refractivity contribution in [2.24, 2.45) is 0 Å². The topological polar surface area (TPSA) is 69.7 Å². The summed E-state index contributed by atoms with van der Waals surface area (Å²) in [6, 6.07) is 15.3.